The van der Waals surface area contributed by atoms with E-state index in [0.717, 1.165) is 16.7 Å². The van der Waals surface area contributed by atoms with Gasteiger partial charge in [-0.15, -0.1) is 0 Å². The average Bonchev–Trinajstić information content (AvgIpc) is 2.39. The fraction of sp³-hybridized carbons (Fsp3) is 0.0714. The summed E-state index contributed by atoms with van der Waals surface area (Å²) in [4.78, 5) is 0. The van der Waals surface area contributed by atoms with Crippen molar-refractivity contribution in [2.24, 2.45) is 0 Å². The highest BCUT2D eigenvalue weighted by molar-refractivity contribution is 5.67. The van der Waals surface area contributed by atoms with E-state index in [1.807, 2.05) is 36.4 Å². The summed E-state index contributed by atoms with van der Waals surface area (Å²) < 4.78 is 0. The van der Waals surface area contributed by atoms with Crippen LogP contribution in [0.1, 0.15) is 11.1 Å². The molecule has 2 nitrogen and oxygen atoms in total. The minimum atomic E-state index is 0.0240. The van der Waals surface area contributed by atoms with Crippen molar-refractivity contribution in [2.75, 3.05) is 0 Å². The van der Waals surface area contributed by atoms with E-state index >= 15 is 0 Å². The molecule has 0 spiro atoms. The van der Waals surface area contributed by atoms with Crippen LogP contribution in [0.2, 0.25) is 0 Å². The van der Waals surface area contributed by atoms with Gasteiger partial charge in [0.25, 0.3) is 0 Å². The molecule has 2 aromatic carbocycles. The molecule has 16 heavy (non-hydrogen) atoms. The molecule has 0 saturated heterocycles. The predicted molar refractivity (Wildman–Crippen MR) is 62.5 cm³/mol. The highest BCUT2D eigenvalue weighted by atomic mass is 16.3. The van der Waals surface area contributed by atoms with Crippen LogP contribution in [0.5, 0.6) is 0 Å². The van der Waals surface area contributed by atoms with E-state index in [1.165, 1.54) is 0 Å². The lowest BCUT2D eigenvalue weighted by molar-refractivity contribution is 0.282. The lowest BCUT2D eigenvalue weighted by Gasteiger charge is -2.06. The molecule has 2 aromatic rings. The predicted octanol–water partition coefficient (Wildman–Crippen LogP) is 2.72. The lowest BCUT2D eigenvalue weighted by atomic mass is 9.99. The molecule has 0 radical (unpaired) electrons. The van der Waals surface area contributed by atoms with Crippen molar-refractivity contribution < 1.29 is 5.11 Å². The first-order chi connectivity index (χ1) is 7.85. The third-order valence-corrected chi connectivity index (χ3v) is 2.51. The van der Waals surface area contributed by atoms with E-state index < -0.39 is 0 Å². The van der Waals surface area contributed by atoms with Crippen LogP contribution in [0.15, 0.2) is 48.5 Å². The Bertz CT molecular complexity index is 523. The van der Waals surface area contributed by atoms with Crippen molar-refractivity contribution in [3.8, 4) is 17.2 Å². The standard InChI is InChI=1S/C14H11NO/c15-9-11-5-7-12(8-6-11)14-4-2-1-3-13(14)10-16/h1-8,16H,10H2. The fourth-order valence-electron chi connectivity index (χ4n) is 1.66. The highest BCUT2D eigenvalue weighted by Gasteiger charge is 2.02. The number of nitriles is 1. The molecule has 2 heteroatoms. The SMILES string of the molecule is N#Cc1ccc(-c2ccccc2CO)cc1. The largest absolute Gasteiger partial charge is 0.392 e. The maximum absolute atomic E-state index is 9.23. The van der Waals surface area contributed by atoms with E-state index in [1.54, 1.807) is 12.1 Å². The summed E-state index contributed by atoms with van der Waals surface area (Å²) in [6.45, 7) is 0.0240. The second kappa shape index (κ2) is 4.61. The van der Waals surface area contributed by atoms with Gasteiger partial charge in [0.05, 0.1) is 18.2 Å². The van der Waals surface area contributed by atoms with Crippen LogP contribution in [0, 0.1) is 11.3 Å². The Hall–Kier alpha value is -2.11. The molecule has 0 heterocycles. The van der Waals surface area contributed by atoms with Crippen molar-refractivity contribution >= 4 is 0 Å². The van der Waals surface area contributed by atoms with Gasteiger partial charge >= 0.3 is 0 Å². The van der Waals surface area contributed by atoms with Crippen LogP contribution in [0.3, 0.4) is 0 Å². The quantitative estimate of drug-likeness (QED) is 0.826. The first-order valence-corrected chi connectivity index (χ1v) is 5.04. The molecule has 0 atom stereocenters. The average molecular weight is 209 g/mol. The van der Waals surface area contributed by atoms with Gasteiger partial charge in [0.15, 0.2) is 0 Å². The van der Waals surface area contributed by atoms with Crippen LogP contribution in [-0.2, 0) is 6.61 Å². The molecule has 0 unspecified atom stereocenters. The van der Waals surface area contributed by atoms with Crippen molar-refractivity contribution in [3.05, 3.63) is 59.7 Å². The summed E-state index contributed by atoms with van der Waals surface area (Å²) >= 11 is 0. The van der Waals surface area contributed by atoms with Gasteiger partial charge in [-0.3, -0.25) is 0 Å². The Morgan fingerprint density at radius 2 is 1.69 bits per heavy atom. The third-order valence-electron chi connectivity index (χ3n) is 2.51. The van der Waals surface area contributed by atoms with Crippen LogP contribution in [-0.4, -0.2) is 5.11 Å². The van der Waals surface area contributed by atoms with Crippen molar-refractivity contribution in [1.29, 1.82) is 5.26 Å². The Morgan fingerprint density at radius 3 is 2.31 bits per heavy atom. The second-order valence-electron chi connectivity index (χ2n) is 3.50. The molecular weight excluding hydrogens is 198 g/mol. The van der Waals surface area contributed by atoms with Gasteiger partial charge in [-0.05, 0) is 28.8 Å². The van der Waals surface area contributed by atoms with Crippen molar-refractivity contribution in [2.45, 2.75) is 6.61 Å². The summed E-state index contributed by atoms with van der Waals surface area (Å²) in [5.41, 5.74) is 3.57. The number of hydrogen-bond donors (Lipinski definition) is 1. The Balaban J connectivity index is 2.47. The van der Waals surface area contributed by atoms with Crippen molar-refractivity contribution in [3.63, 3.8) is 0 Å². The maximum atomic E-state index is 9.23. The molecule has 0 aromatic heterocycles. The van der Waals surface area contributed by atoms with Gasteiger partial charge in [-0.1, -0.05) is 36.4 Å². The molecular formula is C14H11NO. The van der Waals surface area contributed by atoms with Crippen LogP contribution >= 0.6 is 0 Å². The number of benzene rings is 2. The molecule has 2 rings (SSSR count). The topological polar surface area (TPSA) is 44.0 Å². The Kier molecular flexibility index (Phi) is 3.00. The molecule has 78 valence electrons. The minimum Gasteiger partial charge on any atom is -0.392 e. The molecule has 0 bridgehead atoms. The molecule has 0 amide bonds. The normalized spacial score (nSPS) is 9.75. The number of hydrogen-bond acceptors (Lipinski definition) is 2. The smallest absolute Gasteiger partial charge is 0.0991 e. The van der Waals surface area contributed by atoms with Crippen LogP contribution in [0.25, 0.3) is 11.1 Å². The number of rotatable bonds is 2. The number of nitrogens with zero attached hydrogens (tertiary/aromatic N) is 1. The first-order valence-electron chi connectivity index (χ1n) is 5.04. The Labute approximate surface area is 94.4 Å². The van der Waals surface area contributed by atoms with Gasteiger partial charge in [0.2, 0.25) is 0 Å². The van der Waals surface area contributed by atoms with Gasteiger partial charge in [-0.25, -0.2) is 0 Å². The monoisotopic (exact) mass is 209 g/mol. The van der Waals surface area contributed by atoms with E-state index in [2.05, 4.69) is 6.07 Å². The number of aliphatic hydroxyl groups excluding tert-OH is 1. The zero-order valence-electron chi connectivity index (χ0n) is 8.72. The molecule has 0 aliphatic heterocycles. The summed E-state index contributed by atoms with van der Waals surface area (Å²) in [6.07, 6.45) is 0. The maximum Gasteiger partial charge on any atom is 0.0991 e. The van der Waals surface area contributed by atoms with Crippen LogP contribution < -0.4 is 0 Å². The van der Waals surface area contributed by atoms with Crippen molar-refractivity contribution in [1.82, 2.24) is 0 Å². The van der Waals surface area contributed by atoms with E-state index in [-0.39, 0.29) is 6.61 Å². The zero-order chi connectivity index (χ0) is 11.4. The van der Waals surface area contributed by atoms with E-state index in [4.69, 9.17) is 5.26 Å². The molecule has 0 aliphatic carbocycles. The summed E-state index contributed by atoms with van der Waals surface area (Å²) in [6, 6.07) is 17.1. The molecule has 1 N–H and O–H groups in total. The third kappa shape index (κ3) is 1.95. The van der Waals surface area contributed by atoms with E-state index in [9.17, 15) is 5.11 Å². The second-order valence-corrected chi connectivity index (χ2v) is 3.50. The van der Waals surface area contributed by atoms with Gasteiger partial charge in [0.1, 0.15) is 0 Å². The molecule has 0 fully saturated rings. The lowest BCUT2D eigenvalue weighted by Crippen LogP contribution is -1.88. The first kappa shape index (κ1) is 10.4. The summed E-state index contributed by atoms with van der Waals surface area (Å²) in [5, 5.41) is 17.9. The minimum absolute atomic E-state index is 0.0240. The van der Waals surface area contributed by atoms with Gasteiger partial charge in [-0.2, -0.15) is 5.26 Å². The zero-order valence-corrected chi connectivity index (χ0v) is 8.72. The summed E-state index contributed by atoms with van der Waals surface area (Å²) in [5.74, 6) is 0. The summed E-state index contributed by atoms with van der Waals surface area (Å²) in [7, 11) is 0. The fourth-order valence-corrected chi connectivity index (χ4v) is 1.66. The van der Waals surface area contributed by atoms with Crippen LogP contribution in [0.4, 0.5) is 0 Å². The Morgan fingerprint density at radius 1 is 1.00 bits per heavy atom. The highest BCUT2D eigenvalue weighted by Crippen LogP contribution is 2.23. The van der Waals surface area contributed by atoms with E-state index in [0.29, 0.717) is 5.56 Å². The molecule has 0 aliphatic rings. The van der Waals surface area contributed by atoms with Gasteiger partial charge < -0.3 is 5.11 Å². The van der Waals surface area contributed by atoms with Gasteiger partial charge in [0, 0.05) is 0 Å². The molecule has 0 saturated carbocycles. The number of aliphatic hydroxyl groups is 1.